The first-order chi connectivity index (χ1) is 30.7. The summed E-state index contributed by atoms with van der Waals surface area (Å²) in [7, 11) is 0. The van der Waals surface area contributed by atoms with Gasteiger partial charge >= 0.3 is 0 Å². The first-order valence-corrected chi connectivity index (χ1v) is 27.2. The topological polar surface area (TPSA) is 69.6 Å². The molecule has 4 heteroatoms. The van der Waals surface area contributed by atoms with Crippen molar-refractivity contribution >= 4 is 5.91 Å². The number of aliphatic hydroxyl groups excluding tert-OH is 2. The minimum atomic E-state index is -0.837. The first kappa shape index (κ1) is 59.8. The van der Waals surface area contributed by atoms with Crippen LogP contribution >= 0.6 is 0 Å². The number of carbonyl (C=O) groups is 1. The molecule has 0 fully saturated rings. The highest BCUT2D eigenvalue weighted by molar-refractivity contribution is 5.76. The number of nitrogens with one attached hydrogen (secondary N) is 1. The Labute approximate surface area is 387 Å². The molecule has 0 aromatic rings. The summed E-state index contributed by atoms with van der Waals surface area (Å²) in [6.45, 7) is 4.19. The summed E-state index contributed by atoms with van der Waals surface area (Å²) in [6.07, 6.45) is 76.4. The molecule has 0 rings (SSSR count). The summed E-state index contributed by atoms with van der Waals surface area (Å²) in [4.78, 5) is 12.4. The maximum atomic E-state index is 12.4. The highest BCUT2D eigenvalue weighted by atomic mass is 16.3. The van der Waals surface area contributed by atoms with Gasteiger partial charge in [0, 0.05) is 6.42 Å². The molecule has 2 atom stereocenters. The zero-order valence-electron chi connectivity index (χ0n) is 41.4. The predicted molar refractivity (Wildman–Crippen MR) is 276 cm³/mol. The Kier molecular flexibility index (Phi) is 51.3. The van der Waals surface area contributed by atoms with Gasteiger partial charge in [0.05, 0.1) is 18.8 Å². The van der Waals surface area contributed by atoms with Gasteiger partial charge in [-0.2, -0.15) is 0 Å². The molecule has 0 bridgehead atoms. The van der Waals surface area contributed by atoms with Gasteiger partial charge in [-0.3, -0.25) is 4.79 Å². The first-order valence-electron chi connectivity index (χ1n) is 27.2. The smallest absolute Gasteiger partial charge is 0.220 e. The van der Waals surface area contributed by atoms with Crippen molar-refractivity contribution < 1.29 is 15.0 Å². The zero-order chi connectivity index (χ0) is 44.9. The van der Waals surface area contributed by atoms with Gasteiger partial charge in [0.2, 0.25) is 5.91 Å². The van der Waals surface area contributed by atoms with E-state index in [0.29, 0.717) is 6.42 Å². The highest BCUT2D eigenvalue weighted by Gasteiger charge is 2.18. The van der Waals surface area contributed by atoms with E-state index < -0.39 is 12.1 Å². The van der Waals surface area contributed by atoms with E-state index in [-0.39, 0.29) is 12.5 Å². The number of aliphatic hydroxyl groups is 2. The van der Waals surface area contributed by atoms with E-state index in [1.54, 1.807) is 6.08 Å². The SMILES string of the molecule is CC/C=C\C/C=C\C/C=C\C/C=C\C/C=C\CCCCCCCCCCCCCCCCCCCCCCCCCC(=O)NC(CO)C(O)/C=C/CCCCCCCCCCC. The highest BCUT2D eigenvalue weighted by Crippen LogP contribution is 2.17. The zero-order valence-corrected chi connectivity index (χ0v) is 41.4. The average Bonchev–Trinajstić information content (AvgIpc) is 3.28. The number of hydrogen-bond donors (Lipinski definition) is 3. The minimum Gasteiger partial charge on any atom is -0.394 e. The lowest BCUT2D eigenvalue weighted by Gasteiger charge is -2.20. The van der Waals surface area contributed by atoms with Crippen molar-refractivity contribution in [1.29, 1.82) is 0 Å². The summed E-state index contributed by atoms with van der Waals surface area (Å²) in [5.41, 5.74) is 0. The van der Waals surface area contributed by atoms with E-state index in [9.17, 15) is 15.0 Å². The van der Waals surface area contributed by atoms with Crippen LogP contribution < -0.4 is 5.32 Å². The second kappa shape index (κ2) is 53.2. The fraction of sp³-hybridized carbons (Fsp3) is 0.776. The molecule has 62 heavy (non-hydrogen) atoms. The lowest BCUT2D eigenvalue weighted by atomic mass is 10.0. The lowest BCUT2D eigenvalue weighted by Crippen LogP contribution is -2.45. The molecule has 2 unspecified atom stereocenters. The van der Waals surface area contributed by atoms with Gasteiger partial charge in [-0.1, -0.05) is 273 Å². The van der Waals surface area contributed by atoms with E-state index in [1.165, 1.54) is 193 Å². The molecule has 1 amide bonds. The Hall–Kier alpha value is -2.17. The molecule has 0 aromatic heterocycles. The molecule has 0 heterocycles. The Bertz CT molecular complexity index is 1070. The molecule has 0 aliphatic carbocycles. The van der Waals surface area contributed by atoms with Crippen LogP contribution in [0.3, 0.4) is 0 Å². The number of hydrogen-bond acceptors (Lipinski definition) is 3. The molecule has 0 radical (unpaired) electrons. The van der Waals surface area contributed by atoms with Crippen LogP contribution in [0, 0.1) is 0 Å². The van der Waals surface area contributed by atoms with Crippen LogP contribution in [0.2, 0.25) is 0 Å². The number of carbonyl (C=O) groups excluding carboxylic acids is 1. The number of allylic oxidation sites excluding steroid dienone is 11. The van der Waals surface area contributed by atoms with Gasteiger partial charge in [-0.15, -0.1) is 0 Å². The molecular formula is C58H105NO3. The van der Waals surface area contributed by atoms with Crippen LogP contribution in [-0.4, -0.2) is 34.9 Å². The molecule has 0 spiro atoms. The van der Waals surface area contributed by atoms with Crippen molar-refractivity contribution in [3.05, 3.63) is 72.9 Å². The van der Waals surface area contributed by atoms with Crippen LogP contribution in [0.15, 0.2) is 72.9 Å². The second-order valence-electron chi connectivity index (χ2n) is 18.3. The average molecular weight is 864 g/mol. The quantitative estimate of drug-likeness (QED) is 0.0421. The normalized spacial score (nSPS) is 13.4. The van der Waals surface area contributed by atoms with Crippen LogP contribution in [0.4, 0.5) is 0 Å². The monoisotopic (exact) mass is 864 g/mol. The largest absolute Gasteiger partial charge is 0.394 e. The molecule has 0 aliphatic heterocycles. The summed E-state index contributed by atoms with van der Waals surface area (Å²) in [6, 6.07) is -0.620. The van der Waals surface area contributed by atoms with Gasteiger partial charge in [0.25, 0.3) is 0 Å². The fourth-order valence-electron chi connectivity index (χ4n) is 8.09. The molecule has 3 N–H and O–H groups in total. The van der Waals surface area contributed by atoms with E-state index in [0.717, 1.165) is 57.8 Å². The molecular weight excluding hydrogens is 759 g/mol. The third-order valence-electron chi connectivity index (χ3n) is 12.2. The molecule has 0 aromatic carbocycles. The third kappa shape index (κ3) is 48.9. The van der Waals surface area contributed by atoms with Crippen molar-refractivity contribution in [3.63, 3.8) is 0 Å². The van der Waals surface area contributed by atoms with Crippen LogP contribution in [0.25, 0.3) is 0 Å². The second-order valence-corrected chi connectivity index (χ2v) is 18.3. The molecule has 360 valence electrons. The summed E-state index contributed by atoms with van der Waals surface area (Å²) >= 11 is 0. The van der Waals surface area contributed by atoms with Gasteiger partial charge in [-0.25, -0.2) is 0 Å². The summed E-state index contributed by atoms with van der Waals surface area (Å²) in [5.74, 6) is -0.0630. The van der Waals surface area contributed by atoms with Crippen molar-refractivity contribution in [2.45, 2.75) is 283 Å². The number of rotatable bonds is 49. The molecule has 4 nitrogen and oxygen atoms in total. The maximum Gasteiger partial charge on any atom is 0.220 e. The lowest BCUT2D eigenvalue weighted by molar-refractivity contribution is -0.123. The van der Waals surface area contributed by atoms with Crippen molar-refractivity contribution in [3.8, 4) is 0 Å². The summed E-state index contributed by atoms with van der Waals surface area (Å²) < 4.78 is 0. The van der Waals surface area contributed by atoms with Gasteiger partial charge in [-0.05, 0) is 64.2 Å². The molecule has 0 saturated heterocycles. The van der Waals surface area contributed by atoms with E-state index in [4.69, 9.17) is 0 Å². The van der Waals surface area contributed by atoms with Crippen molar-refractivity contribution in [2.24, 2.45) is 0 Å². The van der Waals surface area contributed by atoms with E-state index in [1.807, 2.05) is 6.08 Å². The predicted octanol–water partition coefficient (Wildman–Crippen LogP) is 17.8. The van der Waals surface area contributed by atoms with Crippen LogP contribution in [0.5, 0.6) is 0 Å². The van der Waals surface area contributed by atoms with Crippen LogP contribution in [0.1, 0.15) is 271 Å². The van der Waals surface area contributed by atoms with E-state index in [2.05, 4.69) is 79.9 Å². The van der Waals surface area contributed by atoms with Gasteiger partial charge < -0.3 is 15.5 Å². The minimum absolute atomic E-state index is 0.0630. The van der Waals surface area contributed by atoms with Crippen molar-refractivity contribution in [2.75, 3.05) is 6.61 Å². The van der Waals surface area contributed by atoms with Crippen molar-refractivity contribution in [1.82, 2.24) is 5.32 Å². The van der Waals surface area contributed by atoms with Crippen LogP contribution in [-0.2, 0) is 4.79 Å². The van der Waals surface area contributed by atoms with Gasteiger partial charge in [0.1, 0.15) is 0 Å². The molecule has 0 aliphatic rings. The fourth-order valence-corrected chi connectivity index (χ4v) is 8.09. The Morgan fingerprint density at radius 1 is 0.403 bits per heavy atom. The summed E-state index contributed by atoms with van der Waals surface area (Å²) in [5, 5.41) is 23.0. The van der Waals surface area contributed by atoms with Gasteiger partial charge in [0.15, 0.2) is 0 Å². The maximum absolute atomic E-state index is 12.4. The Balaban J connectivity index is 3.41. The Morgan fingerprint density at radius 2 is 0.710 bits per heavy atom. The molecule has 0 saturated carbocycles. The standard InChI is InChI=1S/C58H105NO3/c1-3-5-7-9-11-13-15-16-17-18-19-20-21-22-23-24-25-26-27-28-29-30-31-32-33-34-35-36-37-38-39-40-41-42-44-46-48-50-52-54-58(62)59-56(55-60)57(61)53-51-49-47-45-43-14-12-10-8-6-4-2/h5,7,11,13,16-17,19-20,22-23,51,53,56-57,60-61H,3-4,6,8-10,12,14-15,18,21,24-50,52,54-55H2,1-2H3,(H,59,62)/b7-5-,13-11-,17-16-,20-19-,23-22-,53-51+. The number of amides is 1. The third-order valence-corrected chi connectivity index (χ3v) is 12.2. The van der Waals surface area contributed by atoms with E-state index >= 15 is 0 Å². The number of unbranched alkanes of at least 4 members (excludes halogenated alkanes) is 32. The Morgan fingerprint density at radius 3 is 1.06 bits per heavy atom.